The molecule has 1 aromatic carbocycles. The van der Waals surface area contributed by atoms with Crippen LogP contribution in [0.15, 0.2) is 53.5 Å². The summed E-state index contributed by atoms with van der Waals surface area (Å²) in [6.07, 6.45) is 15.2. The molecule has 2 aliphatic carbocycles. The van der Waals surface area contributed by atoms with Crippen molar-refractivity contribution in [1.82, 2.24) is 0 Å². The number of benzene rings is 1. The van der Waals surface area contributed by atoms with Gasteiger partial charge in [0.1, 0.15) is 0 Å². The van der Waals surface area contributed by atoms with E-state index in [1.807, 2.05) is 0 Å². The molecule has 21 heavy (non-hydrogen) atoms. The fourth-order valence-electron chi connectivity index (χ4n) is 2.46. The summed E-state index contributed by atoms with van der Waals surface area (Å²) in [5.74, 6) is 0. The first-order valence-corrected chi connectivity index (χ1v) is 7.74. The maximum absolute atomic E-state index is 4.75. The van der Waals surface area contributed by atoms with Gasteiger partial charge in [-0.25, -0.2) is 0 Å². The molecule has 0 nitrogen and oxygen atoms in total. The molecular formula is C16H13Cl3SZr. The van der Waals surface area contributed by atoms with Crippen molar-refractivity contribution < 1.29 is 61.9 Å². The van der Waals surface area contributed by atoms with E-state index in [1.54, 1.807) is 0 Å². The molecule has 0 amide bonds. The Labute approximate surface area is 165 Å². The predicted molar refractivity (Wildman–Crippen MR) is 76.8 cm³/mol. The second kappa shape index (κ2) is 9.43. The Hall–Kier alpha value is 0.283. The van der Waals surface area contributed by atoms with E-state index in [9.17, 15) is 0 Å². The summed E-state index contributed by atoms with van der Waals surface area (Å²) in [7, 11) is 0. The number of hydrogen-bond donors (Lipinski definition) is 1. The minimum Gasteiger partial charge on any atom is -1.00 e. The van der Waals surface area contributed by atoms with Crippen LogP contribution in [0.25, 0.3) is 11.1 Å². The van der Waals surface area contributed by atoms with Crippen LogP contribution in [0, 0.1) is 0 Å². The molecule has 0 saturated carbocycles. The molecule has 1 aromatic rings. The standard InChI is InChI=1S/C16H13S.3ClH.Zr/c17-15-11-5-10-14(12-6-1-2-7-12)16(15)13-8-3-4-9-13;;;;/h1-6,8,10,17H,7,9H2;3*1H;/q;;;;+3/p-3. The van der Waals surface area contributed by atoms with Crippen molar-refractivity contribution in [2.75, 3.05) is 0 Å². The summed E-state index contributed by atoms with van der Waals surface area (Å²) in [5.41, 5.74) is 5.50. The number of thiol groups is 1. The molecule has 0 atom stereocenters. The molecule has 3 rings (SSSR count). The van der Waals surface area contributed by atoms with Crippen molar-refractivity contribution >= 4 is 27.0 Å². The van der Waals surface area contributed by atoms with E-state index in [-0.39, 0.29) is 37.2 Å². The number of rotatable bonds is 2. The second-order valence-electron chi connectivity index (χ2n) is 4.53. The second-order valence-corrected chi connectivity index (χ2v) is 6.30. The van der Waals surface area contributed by atoms with Crippen LogP contribution in [0.2, 0.25) is 0 Å². The van der Waals surface area contributed by atoms with Crippen molar-refractivity contribution in [3.05, 3.63) is 59.7 Å². The summed E-state index contributed by atoms with van der Waals surface area (Å²) < 4.78 is 1.34. The van der Waals surface area contributed by atoms with Crippen molar-refractivity contribution in [2.24, 2.45) is 0 Å². The zero-order chi connectivity index (χ0) is 12.5. The van der Waals surface area contributed by atoms with Gasteiger partial charge in [0.2, 0.25) is 0 Å². The zero-order valence-electron chi connectivity index (χ0n) is 11.1. The topological polar surface area (TPSA) is 0 Å². The van der Waals surface area contributed by atoms with E-state index in [1.165, 1.54) is 50.3 Å². The first-order valence-electron chi connectivity index (χ1n) is 6.07. The Kier molecular flexibility index (Phi) is 9.56. The molecule has 108 valence electrons. The smallest absolute Gasteiger partial charge is 1.00 e. The minimum atomic E-state index is 0. The van der Waals surface area contributed by atoms with Gasteiger partial charge in [0.05, 0.1) is 0 Å². The Bertz CT molecular complexity index is 631. The van der Waals surface area contributed by atoms with Crippen LogP contribution in [-0.2, 0) is 24.7 Å². The van der Waals surface area contributed by atoms with Gasteiger partial charge in [0.25, 0.3) is 0 Å². The summed E-state index contributed by atoms with van der Waals surface area (Å²) in [6, 6.07) is 4.47. The third-order valence-electron chi connectivity index (χ3n) is 3.39. The molecule has 0 fully saturated rings. The molecule has 0 radical (unpaired) electrons. The molecular weight excluding hydrogens is 422 g/mol. The van der Waals surface area contributed by atoms with Gasteiger partial charge in [-0.1, -0.05) is 0 Å². The van der Waals surface area contributed by atoms with Crippen LogP contribution >= 0.6 is 12.6 Å². The van der Waals surface area contributed by atoms with Crippen LogP contribution < -0.4 is 40.5 Å². The summed E-state index contributed by atoms with van der Waals surface area (Å²) in [6.45, 7) is 0. The molecule has 0 aliphatic heterocycles. The van der Waals surface area contributed by atoms with Crippen molar-refractivity contribution in [3.8, 4) is 0 Å². The van der Waals surface area contributed by atoms with Gasteiger partial charge in [-0.2, -0.15) is 0 Å². The van der Waals surface area contributed by atoms with Crippen LogP contribution in [0.5, 0.6) is 0 Å². The van der Waals surface area contributed by atoms with Crippen molar-refractivity contribution in [1.29, 1.82) is 0 Å². The molecule has 5 heteroatoms. The SMILES string of the molecule is Sc1[c]([Zr+3])ccc(C2=CC=CC2)c1C1=CC=CC1.[Cl-].[Cl-].[Cl-]. The van der Waals surface area contributed by atoms with Gasteiger partial charge in [0.15, 0.2) is 0 Å². The average molecular weight is 435 g/mol. The number of allylic oxidation sites excluding steroid dienone is 8. The monoisotopic (exact) mass is 432 g/mol. The number of halogens is 3. The third kappa shape index (κ3) is 4.39. The van der Waals surface area contributed by atoms with Gasteiger partial charge in [-0.3, -0.25) is 0 Å². The van der Waals surface area contributed by atoms with Gasteiger partial charge >= 0.3 is 129 Å². The fourth-order valence-corrected chi connectivity index (χ4v) is 3.31. The van der Waals surface area contributed by atoms with Crippen LogP contribution in [-0.4, -0.2) is 0 Å². The van der Waals surface area contributed by atoms with E-state index >= 15 is 0 Å². The third-order valence-corrected chi connectivity index (χ3v) is 5.39. The largest absolute Gasteiger partial charge is 1.00 e. The van der Waals surface area contributed by atoms with E-state index in [0.717, 1.165) is 17.7 Å². The van der Waals surface area contributed by atoms with Gasteiger partial charge in [0, 0.05) is 0 Å². The van der Waals surface area contributed by atoms with E-state index in [2.05, 4.69) is 48.6 Å². The van der Waals surface area contributed by atoms with Crippen molar-refractivity contribution in [3.63, 3.8) is 0 Å². The molecule has 0 unspecified atom stereocenters. The maximum atomic E-state index is 4.75. The van der Waals surface area contributed by atoms with E-state index < -0.39 is 0 Å². The Morgan fingerprint density at radius 1 is 0.857 bits per heavy atom. The van der Waals surface area contributed by atoms with E-state index in [4.69, 9.17) is 12.6 Å². The average Bonchev–Trinajstić information content (AvgIpc) is 3.03. The molecule has 0 saturated heterocycles. The molecule has 0 bridgehead atoms. The Morgan fingerprint density at radius 2 is 1.43 bits per heavy atom. The zero-order valence-corrected chi connectivity index (χ0v) is 16.7. The molecule has 0 spiro atoms. The molecule has 0 aromatic heterocycles. The molecule has 2 aliphatic rings. The van der Waals surface area contributed by atoms with E-state index in [0.29, 0.717) is 0 Å². The van der Waals surface area contributed by atoms with Crippen LogP contribution in [0.1, 0.15) is 24.0 Å². The first kappa shape index (κ1) is 21.3. The number of hydrogen-bond acceptors (Lipinski definition) is 1. The van der Waals surface area contributed by atoms with Crippen molar-refractivity contribution in [2.45, 2.75) is 17.7 Å². The van der Waals surface area contributed by atoms with Gasteiger partial charge in [-0.15, -0.1) is 0 Å². The molecule has 0 heterocycles. The maximum Gasteiger partial charge on any atom is -1.00 e. The summed E-state index contributed by atoms with van der Waals surface area (Å²) >= 11 is 6.18. The van der Waals surface area contributed by atoms with Crippen LogP contribution in [0.4, 0.5) is 0 Å². The van der Waals surface area contributed by atoms with Crippen LogP contribution in [0.3, 0.4) is 0 Å². The summed E-state index contributed by atoms with van der Waals surface area (Å²) in [4.78, 5) is 1.16. The van der Waals surface area contributed by atoms with Gasteiger partial charge < -0.3 is 37.2 Å². The van der Waals surface area contributed by atoms with Gasteiger partial charge in [-0.05, 0) is 0 Å². The Morgan fingerprint density at radius 3 is 1.95 bits per heavy atom. The molecule has 0 N–H and O–H groups in total. The first-order chi connectivity index (χ1) is 8.77. The minimum absolute atomic E-state index is 0. The predicted octanol–water partition coefficient (Wildman–Crippen LogP) is -5.15. The Balaban J connectivity index is 0.00000133. The summed E-state index contributed by atoms with van der Waals surface area (Å²) in [5, 5.41) is 0. The fraction of sp³-hybridized carbons (Fsp3) is 0.125. The normalized spacial score (nSPS) is 14.8. The quantitative estimate of drug-likeness (QED) is 0.442.